The highest BCUT2D eigenvalue weighted by Gasteiger charge is 2.07. The highest BCUT2D eigenvalue weighted by atomic mass is 16.5. The van der Waals surface area contributed by atoms with Gasteiger partial charge in [0.15, 0.2) is 11.5 Å². The van der Waals surface area contributed by atoms with Crippen LogP contribution in [0.1, 0.15) is 21.5 Å². The summed E-state index contributed by atoms with van der Waals surface area (Å²) in [4.78, 5) is 12.0. The molecule has 0 spiro atoms. The molecule has 0 aliphatic heterocycles. The zero-order valence-electron chi connectivity index (χ0n) is 15.3. The Bertz CT molecular complexity index is 954. The number of methoxy groups -OCH3 is 1. The number of phenolic OH excluding ortho intramolecular Hbond substituents is 1. The zero-order chi connectivity index (χ0) is 19.8. The number of ether oxygens (including phenoxy) is 2. The van der Waals surface area contributed by atoms with Crippen molar-refractivity contribution in [3.8, 4) is 17.2 Å². The number of nitrogens with zero attached hydrogens (tertiary/aromatic N) is 1. The van der Waals surface area contributed by atoms with Gasteiger partial charge in [0.05, 0.1) is 13.3 Å². The summed E-state index contributed by atoms with van der Waals surface area (Å²) in [6.45, 7) is 0.412. The summed E-state index contributed by atoms with van der Waals surface area (Å²) in [6.07, 6.45) is 1.52. The fraction of sp³-hybridized carbons (Fsp3) is 0.0909. The van der Waals surface area contributed by atoms with Crippen LogP contribution in [-0.2, 0) is 6.61 Å². The average Bonchev–Trinajstić information content (AvgIpc) is 2.73. The van der Waals surface area contributed by atoms with Crippen LogP contribution in [-0.4, -0.2) is 24.3 Å². The number of aromatic hydroxyl groups is 1. The maximum absolute atomic E-state index is 12.0. The number of hydrogen-bond donors (Lipinski definition) is 2. The molecule has 3 rings (SSSR count). The van der Waals surface area contributed by atoms with E-state index < -0.39 is 0 Å². The number of benzene rings is 3. The van der Waals surface area contributed by atoms with Crippen molar-refractivity contribution in [2.45, 2.75) is 6.61 Å². The monoisotopic (exact) mass is 376 g/mol. The lowest BCUT2D eigenvalue weighted by Crippen LogP contribution is -2.17. The van der Waals surface area contributed by atoms with Crippen LogP contribution in [0.4, 0.5) is 0 Å². The summed E-state index contributed by atoms with van der Waals surface area (Å²) in [5.41, 5.74) is 4.64. The standard InChI is InChI=1S/C22H20N2O4/c1-27-20-12-7-17(13-21(20)28-15-16-5-3-2-4-6-16)14-23-24-22(26)18-8-10-19(25)11-9-18/h2-14,25H,15H2,1H3,(H,24,26)/b23-14-. The lowest BCUT2D eigenvalue weighted by molar-refractivity contribution is 0.0955. The summed E-state index contributed by atoms with van der Waals surface area (Å²) >= 11 is 0. The van der Waals surface area contributed by atoms with Gasteiger partial charge in [0, 0.05) is 5.56 Å². The van der Waals surface area contributed by atoms with Crippen molar-refractivity contribution in [3.05, 3.63) is 89.5 Å². The number of nitrogens with one attached hydrogen (secondary N) is 1. The molecule has 142 valence electrons. The molecule has 0 saturated carbocycles. The Balaban J connectivity index is 1.65. The van der Waals surface area contributed by atoms with Gasteiger partial charge in [0.25, 0.3) is 5.91 Å². The zero-order valence-corrected chi connectivity index (χ0v) is 15.3. The van der Waals surface area contributed by atoms with Gasteiger partial charge in [-0.3, -0.25) is 4.79 Å². The number of hydrogen-bond acceptors (Lipinski definition) is 5. The molecule has 3 aromatic rings. The Morgan fingerprint density at radius 1 is 1.04 bits per heavy atom. The van der Waals surface area contributed by atoms with E-state index in [-0.39, 0.29) is 11.7 Å². The van der Waals surface area contributed by atoms with Crippen molar-refractivity contribution >= 4 is 12.1 Å². The molecular weight excluding hydrogens is 356 g/mol. The van der Waals surface area contributed by atoms with Crippen LogP contribution in [0.5, 0.6) is 17.2 Å². The van der Waals surface area contributed by atoms with E-state index in [2.05, 4.69) is 10.5 Å². The number of carbonyl (C=O) groups excluding carboxylic acids is 1. The Kier molecular flexibility index (Phi) is 6.25. The van der Waals surface area contributed by atoms with E-state index in [4.69, 9.17) is 9.47 Å². The Hall–Kier alpha value is -3.80. The normalized spacial score (nSPS) is 10.6. The third-order valence-electron chi connectivity index (χ3n) is 3.93. The van der Waals surface area contributed by atoms with E-state index >= 15 is 0 Å². The third kappa shape index (κ3) is 5.11. The molecule has 0 unspecified atom stereocenters. The van der Waals surface area contributed by atoms with Crippen molar-refractivity contribution < 1.29 is 19.4 Å². The molecule has 0 bridgehead atoms. The van der Waals surface area contributed by atoms with Gasteiger partial charge in [-0.2, -0.15) is 5.10 Å². The first kappa shape index (κ1) is 19.0. The minimum Gasteiger partial charge on any atom is -0.508 e. The number of amides is 1. The summed E-state index contributed by atoms with van der Waals surface area (Å²) in [7, 11) is 1.58. The van der Waals surface area contributed by atoms with Crippen LogP contribution in [0.25, 0.3) is 0 Å². The van der Waals surface area contributed by atoms with E-state index in [0.717, 1.165) is 11.1 Å². The molecule has 0 aliphatic carbocycles. The van der Waals surface area contributed by atoms with Crippen LogP contribution in [0.3, 0.4) is 0 Å². The van der Waals surface area contributed by atoms with Gasteiger partial charge in [-0.1, -0.05) is 30.3 Å². The Morgan fingerprint density at radius 2 is 1.79 bits per heavy atom. The average molecular weight is 376 g/mol. The van der Waals surface area contributed by atoms with Gasteiger partial charge in [-0.15, -0.1) is 0 Å². The van der Waals surface area contributed by atoms with Crippen molar-refractivity contribution in [2.24, 2.45) is 5.10 Å². The van der Waals surface area contributed by atoms with Gasteiger partial charge in [-0.05, 0) is 53.6 Å². The number of hydrazone groups is 1. The molecule has 28 heavy (non-hydrogen) atoms. The molecule has 0 aromatic heterocycles. The Morgan fingerprint density at radius 3 is 2.50 bits per heavy atom. The third-order valence-corrected chi connectivity index (χ3v) is 3.93. The molecule has 0 heterocycles. The summed E-state index contributed by atoms with van der Waals surface area (Å²) in [5.74, 6) is 0.924. The minimum atomic E-state index is -0.370. The molecule has 0 radical (unpaired) electrons. The second-order valence-corrected chi connectivity index (χ2v) is 5.93. The van der Waals surface area contributed by atoms with E-state index in [1.165, 1.54) is 30.5 Å². The minimum absolute atomic E-state index is 0.0984. The van der Waals surface area contributed by atoms with Crippen molar-refractivity contribution in [2.75, 3.05) is 7.11 Å². The van der Waals surface area contributed by atoms with Gasteiger partial charge in [0.1, 0.15) is 12.4 Å². The Labute approximate surface area is 163 Å². The first-order valence-corrected chi connectivity index (χ1v) is 8.63. The smallest absolute Gasteiger partial charge is 0.271 e. The predicted octanol–water partition coefficient (Wildman–Crippen LogP) is 3.74. The molecule has 0 saturated heterocycles. The molecule has 2 N–H and O–H groups in total. The number of rotatable bonds is 7. The van der Waals surface area contributed by atoms with Gasteiger partial charge < -0.3 is 14.6 Å². The SMILES string of the molecule is COc1ccc(/C=N\NC(=O)c2ccc(O)cc2)cc1OCc1ccccc1. The number of phenols is 1. The van der Waals surface area contributed by atoms with E-state index in [1.807, 2.05) is 36.4 Å². The molecule has 0 aliphatic rings. The lowest BCUT2D eigenvalue weighted by atomic mass is 10.2. The van der Waals surface area contributed by atoms with E-state index in [1.54, 1.807) is 19.2 Å². The second kappa shape index (κ2) is 9.23. The molecule has 6 heteroatoms. The topological polar surface area (TPSA) is 80.2 Å². The highest BCUT2D eigenvalue weighted by Crippen LogP contribution is 2.28. The molecular formula is C22H20N2O4. The van der Waals surface area contributed by atoms with Gasteiger partial charge >= 0.3 is 0 Å². The predicted molar refractivity (Wildman–Crippen MR) is 107 cm³/mol. The van der Waals surface area contributed by atoms with E-state index in [9.17, 15) is 9.90 Å². The van der Waals surface area contributed by atoms with Crippen LogP contribution >= 0.6 is 0 Å². The van der Waals surface area contributed by atoms with Crippen molar-refractivity contribution in [1.29, 1.82) is 0 Å². The quantitative estimate of drug-likeness (QED) is 0.486. The fourth-order valence-corrected chi connectivity index (χ4v) is 2.46. The van der Waals surface area contributed by atoms with E-state index in [0.29, 0.717) is 23.7 Å². The van der Waals surface area contributed by atoms with Gasteiger partial charge in [-0.25, -0.2) is 5.43 Å². The second-order valence-electron chi connectivity index (χ2n) is 5.93. The van der Waals surface area contributed by atoms with Crippen LogP contribution in [0, 0.1) is 0 Å². The highest BCUT2D eigenvalue weighted by molar-refractivity contribution is 5.95. The lowest BCUT2D eigenvalue weighted by Gasteiger charge is -2.11. The molecule has 1 amide bonds. The fourth-order valence-electron chi connectivity index (χ4n) is 2.46. The summed E-state index contributed by atoms with van der Waals surface area (Å²) in [6, 6.07) is 21.1. The molecule has 6 nitrogen and oxygen atoms in total. The number of carbonyl (C=O) groups is 1. The van der Waals surface area contributed by atoms with Crippen LogP contribution < -0.4 is 14.9 Å². The first-order valence-electron chi connectivity index (χ1n) is 8.63. The molecule has 3 aromatic carbocycles. The van der Waals surface area contributed by atoms with Crippen LogP contribution in [0.2, 0.25) is 0 Å². The first-order chi connectivity index (χ1) is 13.7. The van der Waals surface area contributed by atoms with Crippen molar-refractivity contribution in [1.82, 2.24) is 5.43 Å². The summed E-state index contributed by atoms with van der Waals surface area (Å²) < 4.78 is 11.2. The molecule has 0 atom stereocenters. The maximum atomic E-state index is 12.0. The maximum Gasteiger partial charge on any atom is 0.271 e. The van der Waals surface area contributed by atoms with Crippen molar-refractivity contribution in [3.63, 3.8) is 0 Å². The largest absolute Gasteiger partial charge is 0.508 e. The molecule has 0 fully saturated rings. The van der Waals surface area contributed by atoms with Gasteiger partial charge in [0.2, 0.25) is 0 Å². The van der Waals surface area contributed by atoms with Crippen LogP contribution in [0.15, 0.2) is 77.9 Å². The summed E-state index contributed by atoms with van der Waals surface area (Å²) in [5, 5.41) is 13.2.